The van der Waals surface area contributed by atoms with Crippen molar-refractivity contribution in [3.05, 3.63) is 71.4 Å². The highest BCUT2D eigenvalue weighted by Gasteiger charge is 2.23. The van der Waals surface area contributed by atoms with E-state index in [1.807, 2.05) is 40.1 Å². The molecule has 0 aliphatic carbocycles. The normalized spacial score (nSPS) is 10.5. The van der Waals surface area contributed by atoms with Crippen LogP contribution >= 0.6 is 0 Å². The molecule has 0 aliphatic heterocycles. The molecule has 0 unspecified atom stereocenters. The Bertz CT molecular complexity index is 1430. The minimum absolute atomic E-state index is 0.168. The van der Waals surface area contributed by atoms with Gasteiger partial charge in [-0.1, -0.05) is 42.5 Å². The number of methoxy groups -OCH3 is 5. The topological polar surface area (TPSA) is 122 Å². The Labute approximate surface area is 270 Å². The second kappa shape index (κ2) is 19.8. The first-order valence-corrected chi connectivity index (χ1v) is 14.7. The van der Waals surface area contributed by atoms with Crippen LogP contribution in [-0.4, -0.2) is 110 Å². The summed E-state index contributed by atoms with van der Waals surface area (Å²) in [5.41, 5.74) is 2.81. The number of anilines is 2. The van der Waals surface area contributed by atoms with Gasteiger partial charge in [-0.25, -0.2) is 19.6 Å². The summed E-state index contributed by atoms with van der Waals surface area (Å²) in [6.45, 7) is 3.68. The highest BCUT2D eigenvalue weighted by Crippen LogP contribution is 2.32. The summed E-state index contributed by atoms with van der Waals surface area (Å²) in [5.74, 6) is 5.15. The number of carbonyl (C=O) groups is 2. The zero-order valence-corrected chi connectivity index (χ0v) is 27.1. The molecule has 0 aliphatic rings. The summed E-state index contributed by atoms with van der Waals surface area (Å²) in [5, 5.41) is 0. The van der Waals surface area contributed by atoms with Crippen LogP contribution in [0.5, 0.6) is 0 Å². The number of rotatable bonds is 18. The van der Waals surface area contributed by atoms with E-state index in [2.05, 4.69) is 11.8 Å². The number of hydrogen-bond donors (Lipinski definition) is 0. The van der Waals surface area contributed by atoms with Gasteiger partial charge in [0.25, 0.3) is 0 Å². The number of benzene rings is 2. The minimum atomic E-state index is -0.705. The molecule has 1 heterocycles. The fourth-order valence-electron chi connectivity index (χ4n) is 4.32. The fraction of sp³-hybridized carbons (Fsp3) is 0.412. The molecule has 0 saturated carbocycles. The average Bonchev–Trinajstić information content (AvgIpc) is 3.10. The van der Waals surface area contributed by atoms with Crippen molar-refractivity contribution >= 4 is 23.6 Å². The van der Waals surface area contributed by atoms with Gasteiger partial charge in [-0.15, -0.1) is 0 Å². The molecule has 0 amide bonds. The maximum atomic E-state index is 12.8. The molecule has 0 bridgehead atoms. The fourth-order valence-corrected chi connectivity index (χ4v) is 4.32. The van der Waals surface area contributed by atoms with Crippen molar-refractivity contribution in [3.8, 4) is 23.1 Å². The molecule has 0 radical (unpaired) electrons. The molecule has 1 aromatic heterocycles. The molecule has 0 atom stereocenters. The molecule has 46 heavy (non-hydrogen) atoms. The monoisotopic (exact) mass is 634 g/mol. The molecular weight excluding hydrogens is 592 g/mol. The molecule has 12 heteroatoms. The molecule has 0 N–H and O–H groups in total. The molecule has 0 fully saturated rings. The van der Waals surface area contributed by atoms with Crippen LogP contribution in [-0.2, 0) is 39.8 Å². The third kappa shape index (κ3) is 10.8. The van der Waals surface area contributed by atoms with Crippen LogP contribution in [0.2, 0.25) is 0 Å². The average molecular weight is 635 g/mol. The molecule has 246 valence electrons. The van der Waals surface area contributed by atoms with E-state index in [-0.39, 0.29) is 12.3 Å². The predicted molar refractivity (Wildman–Crippen MR) is 174 cm³/mol. The molecule has 0 spiro atoms. The Balaban J connectivity index is 2.15. The third-order valence-electron chi connectivity index (χ3n) is 6.79. The van der Waals surface area contributed by atoms with E-state index in [0.29, 0.717) is 81.1 Å². The maximum absolute atomic E-state index is 12.8. The number of nitrogens with zero attached hydrogens (tertiary/aromatic N) is 4. The number of hydrogen-bond acceptors (Lipinski definition) is 12. The van der Waals surface area contributed by atoms with E-state index in [0.717, 1.165) is 5.56 Å². The van der Waals surface area contributed by atoms with Gasteiger partial charge in [-0.2, -0.15) is 0 Å². The van der Waals surface area contributed by atoms with Crippen molar-refractivity contribution in [3.63, 3.8) is 0 Å². The lowest BCUT2D eigenvalue weighted by molar-refractivity contribution is -0.133. The number of aromatic nitrogens is 2. The molecule has 12 nitrogen and oxygen atoms in total. The molecule has 2 aromatic carbocycles. The molecular formula is C34H42N4O8. The highest BCUT2D eigenvalue weighted by molar-refractivity contribution is 5.91. The van der Waals surface area contributed by atoms with Crippen LogP contribution < -0.4 is 9.80 Å². The Morgan fingerprint density at radius 3 is 1.76 bits per heavy atom. The van der Waals surface area contributed by atoms with Crippen LogP contribution in [0.15, 0.2) is 54.6 Å². The van der Waals surface area contributed by atoms with Crippen molar-refractivity contribution in [1.29, 1.82) is 0 Å². The first kappa shape index (κ1) is 35.9. The largest absolute Gasteiger partial charge is 0.459 e. The Morgan fingerprint density at radius 2 is 1.24 bits per heavy atom. The SMILES string of the molecule is COCCN(CCOC)c1nc(-c2ccc(C(=O)OCc3ccccc3)cc2)c(N(CCOC)CCOC)nc1C#CC(=O)OC. The quantitative estimate of drug-likeness (QED) is 0.151. The predicted octanol–water partition coefficient (Wildman–Crippen LogP) is 3.22. The maximum Gasteiger partial charge on any atom is 0.384 e. The van der Waals surface area contributed by atoms with Crippen molar-refractivity contribution < 1.29 is 38.0 Å². The summed E-state index contributed by atoms with van der Waals surface area (Å²) in [6.07, 6.45) is 0. The molecule has 3 aromatic rings. The summed E-state index contributed by atoms with van der Waals surface area (Å²) < 4.78 is 31.8. The zero-order chi connectivity index (χ0) is 33.1. The van der Waals surface area contributed by atoms with Gasteiger partial charge in [-0.05, 0) is 23.6 Å². The van der Waals surface area contributed by atoms with Crippen LogP contribution in [0.4, 0.5) is 11.6 Å². The summed E-state index contributed by atoms with van der Waals surface area (Å²) in [6, 6.07) is 16.5. The van der Waals surface area contributed by atoms with Crippen LogP contribution in [0.1, 0.15) is 21.6 Å². The van der Waals surface area contributed by atoms with E-state index in [4.69, 9.17) is 38.4 Å². The summed E-state index contributed by atoms with van der Waals surface area (Å²) in [7, 11) is 7.73. The zero-order valence-electron chi connectivity index (χ0n) is 27.1. The lowest BCUT2D eigenvalue weighted by Crippen LogP contribution is -2.35. The van der Waals surface area contributed by atoms with Gasteiger partial charge in [-0.3, -0.25) is 0 Å². The lowest BCUT2D eigenvalue weighted by Gasteiger charge is -2.29. The van der Waals surface area contributed by atoms with Gasteiger partial charge in [0, 0.05) is 66.1 Å². The second-order valence-electron chi connectivity index (χ2n) is 9.89. The van der Waals surface area contributed by atoms with Gasteiger partial charge in [0.15, 0.2) is 17.3 Å². The van der Waals surface area contributed by atoms with Crippen molar-refractivity contribution in [2.24, 2.45) is 0 Å². The van der Waals surface area contributed by atoms with Crippen molar-refractivity contribution in [2.45, 2.75) is 6.61 Å². The van der Waals surface area contributed by atoms with Crippen LogP contribution in [0.3, 0.4) is 0 Å². The van der Waals surface area contributed by atoms with Gasteiger partial charge in [0.2, 0.25) is 0 Å². The lowest BCUT2D eigenvalue weighted by atomic mass is 10.1. The Kier molecular flexibility index (Phi) is 15.4. The minimum Gasteiger partial charge on any atom is -0.459 e. The Hall–Kier alpha value is -4.54. The van der Waals surface area contributed by atoms with Gasteiger partial charge in [0.1, 0.15) is 12.3 Å². The number of carbonyl (C=O) groups excluding carboxylic acids is 2. The van der Waals surface area contributed by atoms with Gasteiger partial charge >= 0.3 is 11.9 Å². The van der Waals surface area contributed by atoms with E-state index in [1.54, 1.807) is 52.7 Å². The standard InChI is InChI=1S/C34H42N4O8/c1-41-21-17-37(18-22-42-2)32-29(15-16-30(39)45-5)35-33(38(19-23-43-3)20-24-44-4)31(36-32)27-11-13-28(14-12-27)34(40)46-25-26-9-7-6-8-10-26/h6-14H,17-25H2,1-5H3. The summed E-state index contributed by atoms with van der Waals surface area (Å²) >= 11 is 0. The van der Waals surface area contributed by atoms with Crippen LogP contribution in [0.25, 0.3) is 11.3 Å². The number of esters is 2. The Morgan fingerprint density at radius 1 is 0.696 bits per heavy atom. The first-order valence-electron chi connectivity index (χ1n) is 14.7. The second-order valence-corrected chi connectivity index (χ2v) is 9.89. The van der Waals surface area contributed by atoms with E-state index in [1.165, 1.54) is 7.11 Å². The van der Waals surface area contributed by atoms with Crippen molar-refractivity contribution in [1.82, 2.24) is 9.97 Å². The number of ether oxygens (including phenoxy) is 6. The smallest absolute Gasteiger partial charge is 0.384 e. The van der Waals surface area contributed by atoms with Gasteiger partial charge in [0.05, 0.1) is 39.1 Å². The van der Waals surface area contributed by atoms with Crippen molar-refractivity contribution in [2.75, 3.05) is 98.0 Å². The molecule has 0 saturated heterocycles. The van der Waals surface area contributed by atoms with E-state index < -0.39 is 11.9 Å². The van der Waals surface area contributed by atoms with E-state index in [9.17, 15) is 9.59 Å². The molecule has 3 rings (SSSR count). The van der Waals surface area contributed by atoms with Gasteiger partial charge < -0.3 is 38.2 Å². The third-order valence-corrected chi connectivity index (χ3v) is 6.79. The first-order chi connectivity index (χ1) is 22.4. The van der Waals surface area contributed by atoms with E-state index >= 15 is 0 Å². The van der Waals surface area contributed by atoms with Crippen LogP contribution in [0, 0.1) is 11.8 Å². The highest BCUT2D eigenvalue weighted by atomic mass is 16.5. The summed E-state index contributed by atoms with van der Waals surface area (Å²) in [4.78, 5) is 38.9.